The largest absolute Gasteiger partial charge is 0.465 e. The first-order valence-corrected chi connectivity index (χ1v) is 13.8. The summed E-state index contributed by atoms with van der Waals surface area (Å²) in [6.07, 6.45) is 16.9. The van der Waals surface area contributed by atoms with Gasteiger partial charge in [0.15, 0.2) is 0 Å². The zero-order chi connectivity index (χ0) is 22.6. The molecule has 4 aliphatic carbocycles. The minimum absolute atomic E-state index is 0.0190. The number of rotatable bonds is 9. The quantitative estimate of drug-likeness (QED) is 0.275. The normalized spacial score (nSPS) is 33.1. The smallest absolute Gasteiger partial charge is 0.308 e. The van der Waals surface area contributed by atoms with Crippen LogP contribution >= 0.6 is 11.6 Å². The summed E-state index contributed by atoms with van der Waals surface area (Å²) >= 11 is 7.12. The van der Waals surface area contributed by atoms with Crippen LogP contribution in [0, 0.1) is 16.7 Å². The average Bonchev–Trinajstić information content (AvgIpc) is 2.84. The Morgan fingerprint density at radius 3 is 2.16 bits per heavy atom. The van der Waals surface area contributed by atoms with E-state index in [9.17, 15) is 4.79 Å². The van der Waals surface area contributed by atoms with Gasteiger partial charge in [-0.15, -0.1) is 11.6 Å². The van der Waals surface area contributed by atoms with Gasteiger partial charge in [-0.3, -0.25) is 4.79 Å². The molecule has 2 bridgehead atoms. The summed E-state index contributed by atoms with van der Waals surface area (Å²) in [5.74, 6) is 0.703. The van der Waals surface area contributed by atoms with Crippen molar-refractivity contribution in [1.82, 2.24) is 0 Å². The maximum absolute atomic E-state index is 12.1. The molecule has 1 unspecified atom stereocenters. The molecule has 0 aromatic heterocycles. The molecule has 0 heterocycles. The molecule has 0 N–H and O–H groups in total. The van der Waals surface area contributed by atoms with Gasteiger partial charge in [-0.2, -0.15) is 0 Å². The second kappa shape index (κ2) is 10.5. The van der Waals surface area contributed by atoms with E-state index in [4.69, 9.17) is 16.3 Å². The van der Waals surface area contributed by atoms with Gasteiger partial charge >= 0.3 is 5.97 Å². The molecule has 1 atom stereocenters. The van der Waals surface area contributed by atoms with E-state index in [0.717, 1.165) is 38.5 Å². The zero-order valence-corrected chi connectivity index (χ0v) is 21.1. The van der Waals surface area contributed by atoms with Gasteiger partial charge in [-0.25, -0.2) is 0 Å². The monoisotopic (exact) mass is 458 g/mol. The molecule has 1 aromatic carbocycles. The molecule has 0 saturated heterocycles. The van der Waals surface area contributed by atoms with Crippen molar-refractivity contribution >= 4 is 17.6 Å². The summed E-state index contributed by atoms with van der Waals surface area (Å²) in [4.78, 5) is 12.1. The number of fused-ring (bicyclic) bond motifs is 3. The first-order chi connectivity index (χ1) is 15.5. The SMILES string of the molecule is CCCOC(=O)[C@H]1CC[C@H](c2ccc(CC(Cl)C34CCC(CCC)(CC3)CC4)cc2)CC1. The summed E-state index contributed by atoms with van der Waals surface area (Å²) in [6.45, 7) is 4.94. The lowest BCUT2D eigenvalue weighted by molar-refractivity contribution is -0.149. The highest BCUT2D eigenvalue weighted by Crippen LogP contribution is 2.61. The third-order valence-corrected chi connectivity index (χ3v) is 9.90. The molecular weight excluding hydrogens is 416 g/mol. The Morgan fingerprint density at radius 2 is 1.59 bits per heavy atom. The third kappa shape index (κ3) is 5.21. The molecule has 2 nitrogen and oxygen atoms in total. The molecular formula is C29H43ClO2. The van der Waals surface area contributed by atoms with Crippen molar-refractivity contribution in [3.05, 3.63) is 35.4 Å². The van der Waals surface area contributed by atoms with Gasteiger partial charge in [-0.05, 0) is 111 Å². The minimum atomic E-state index is 0.0190. The van der Waals surface area contributed by atoms with Crippen molar-refractivity contribution in [3.63, 3.8) is 0 Å². The van der Waals surface area contributed by atoms with Crippen molar-refractivity contribution < 1.29 is 9.53 Å². The van der Waals surface area contributed by atoms with Gasteiger partial charge in [-0.1, -0.05) is 44.5 Å². The lowest BCUT2D eigenvalue weighted by Crippen LogP contribution is -2.46. The summed E-state index contributed by atoms with van der Waals surface area (Å²) in [5, 5.41) is 0.262. The Hall–Kier alpha value is -1.02. The summed E-state index contributed by atoms with van der Waals surface area (Å²) in [7, 11) is 0. The lowest BCUT2D eigenvalue weighted by atomic mass is 9.51. The van der Waals surface area contributed by atoms with Crippen molar-refractivity contribution in [3.8, 4) is 0 Å². The van der Waals surface area contributed by atoms with Crippen LogP contribution < -0.4 is 0 Å². The van der Waals surface area contributed by atoms with Crippen LogP contribution in [0.15, 0.2) is 24.3 Å². The maximum Gasteiger partial charge on any atom is 0.308 e. The van der Waals surface area contributed by atoms with E-state index in [0.29, 0.717) is 23.4 Å². The third-order valence-electron chi connectivity index (χ3n) is 9.28. The molecule has 4 aliphatic rings. The van der Waals surface area contributed by atoms with Crippen molar-refractivity contribution in [1.29, 1.82) is 0 Å². The predicted molar refractivity (Wildman–Crippen MR) is 133 cm³/mol. The number of benzene rings is 1. The van der Waals surface area contributed by atoms with Gasteiger partial charge in [0.2, 0.25) is 0 Å². The highest BCUT2D eigenvalue weighted by atomic mass is 35.5. The van der Waals surface area contributed by atoms with E-state index in [-0.39, 0.29) is 17.3 Å². The molecule has 4 fully saturated rings. The Labute approximate surface area is 200 Å². The first kappa shape index (κ1) is 24.1. The molecule has 5 rings (SSSR count). The van der Waals surface area contributed by atoms with Gasteiger partial charge in [0.05, 0.1) is 12.5 Å². The van der Waals surface area contributed by atoms with Crippen LogP contribution in [0.4, 0.5) is 0 Å². The second-order valence-electron chi connectivity index (χ2n) is 11.2. The van der Waals surface area contributed by atoms with E-state index in [1.165, 1.54) is 62.5 Å². The highest BCUT2D eigenvalue weighted by Gasteiger charge is 2.50. The highest BCUT2D eigenvalue weighted by molar-refractivity contribution is 6.21. The van der Waals surface area contributed by atoms with Gasteiger partial charge in [0.1, 0.15) is 0 Å². The molecule has 32 heavy (non-hydrogen) atoms. The van der Waals surface area contributed by atoms with Gasteiger partial charge in [0, 0.05) is 5.38 Å². The number of halogens is 1. The van der Waals surface area contributed by atoms with Crippen molar-refractivity contribution in [2.24, 2.45) is 16.7 Å². The Bertz CT molecular complexity index is 722. The number of hydrogen-bond acceptors (Lipinski definition) is 2. The molecule has 178 valence electrons. The van der Waals surface area contributed by atoms with E-state index in [1.54, 1.807) is 0 Å². The Balaban J connectivity index is 1.28. The van der Waals surface area contributed by atoms with E-state index >= 15 is 0 Å². The number of carbonyl (C=O) groups excluding carboxylic acids is 1. The fraction of sp³-hybridized carbons (Fsp3) is 0.759. The van der Waals surface area contributed by atoms with E-state index in [1.807, 2.05) is 6.92 Å². The first-order valence-electron chi connectivity index (χ1n) is 13.4. The molecule has 3 heteroatoms. The maximum atomic E-state index is 12.1. The van der Waals surface area contributed by atoms with Gasteiger partial charge < -0.3 is 4.74 Å². The molecule has 0 spiro atoms. The zero-order valence-electron chi connectivity index (χ0n) is 20.3. The van der Waals surface area contributed by atoms with E-state index < -0.39 is 0 Å². The summed E-state index contributed by atoms with van der Waals surface area (Å²) in [5.41, 5.74) is 3.84. The number of carbonyl (C=O) groups is 1. The topological polar surface area (TPSA) is 26.3 Å². The fourth-order valence-electron chi connectivity index (χ4n) is 7.00. The van der Waals surface area contributed by atoms with Crippen molar-refractivity contribution in [2.45, 2.75) is 115 Å². The minimum Gasteiger partial charge on any atom is -0.465 e. The predicted octanol–water partition coefficient (Wildman–Crippen LogP) is 8.20. The molecule has 0 amide bonds. The average molecular weight is 459 g/mol. The second-order valence-corrected chi connectivity index (χ2v) is 11.8. The molecule has 0 radical (unpaired) electrons. The standard InChI is InChI=1S/C29H43ClO2/c1-3-13-28-14-17-29(18-15-28,19-16-28)26(30)21-22-5-7-23(8-6-22)24-9-11-25(12-10-24)27(31)32-20-4-2/h5-8,24-26H,3-4,9-21H2,1-2H3/t24-,25-,26?,28?,29?. The van der Waals surface area contributed by atoms with Crippen LogP contribution in [-0.4, -0.2) is 18.0 Å². The number of esters is 1. The van der Waals surface area contributed by atoms with Crippen LogP contribution in [0.1, 0.15) is 114 Å². The van der Waals surface area contributed by atoms with Crippen LogP contribution in [0.2, 0.25) is 0 Å². The summed E-state index contributed by atoms with van der Waals surface area (Å²) < 4.78 is 5.36. The molecule has 0 aliphatic heterocycles. The van der Waals surface area contributed by atoms with Crippen LogP contribution in [0.5, 0.6) is 0 Å². The van der Waals surface area contributed by atoms with Crippen LogP contribution in [-0.2, 0) is 16.0 Å². The van der Waals surface area contributed by atoms with Crippen LogP contribution in [0.25, 0.3) is 0 Å². The lowest BCUT2D eigenvalue weighted by Gasteiger charge is -2.55. The van der Waals surface area contributed by atoms with Gasteiger partial charge in [0.25, 0.3) is 0 Å². The molecule has 1 aromatic rings. The van der Waals surface area contributed by atoms with E-state index in [2.05, 4.69) is 31.2 Å². The number of ether oxygens (including phenoxy) is 1. The Morgan fingerprint density at radius 1 is 0.969 bits per heavy atom. The summed E-state index contributed by atoms with van der Waals surface area (Å²) in [6, 6.07) is 9.28. The molecule has 4 saturated carbocycles. The van der Waals surface area contributed by atoms with Crippen molar-refractivity contribution in [2.75, 3.05) is 6.61 Å². The number of hydrogen-bond donors (Lipinski definition) is 0. The Kier molecular flexibility index (Phi) is 7.91. The van der Waals surface area contributed by atoms with Crippen LogP contribution in [0.3, 0.4) is 0 Å². The number of alkyl halides is 1. The fourth-order valence-corrected chi connectivity index (χ4v) is 7.51.